The number of urea groups is 1. The standard InChI is InChI=1S/C16H21Cl2N3O2/c1-10-13(17)8-12(9-14(10)18)19-15(22)11-4-6-21(7-5-11)16(23)20(2)3/h8-9,11H,4-7H2,1-3H3,(H,19,22). The minimum Gasteiger partial charge on any atom is -0.331 e. The highest BCUT2D eigenvalue weighted by atomic mass is 35.5. The maximum absolute atomic E-state index is 12.4. The highest BCUT2D eigenvalue weighted by Gasteiger charge is 2.28. The molecule has 1 aromatic carbocycles. The molecule has 0 spiro atoms. The predicted molar refractivity (Wildman–Crippen MR) is 93.2 cm³/mol. The van der Waals surface area contributed by atoms with Gasteiger partial charge in [-0.3, -0.25) is 4.79 Å². The molecule has 1 aliphatic rings. The average molecular weight is 358 g/mol. The first-order valence-electron chi connectivity index (χ1n) is 7.52. The van der Waals surface area contributed by atoms with Gasteiger partial charge in [-0.25, -0.2) is 4.79 Å². The third-order valence-corrected chi connectivity index (χ3v) is 4.85. The van der Waals surface area contributed by atoms with Gasteiger partial charge in [-0.15, -0.1) is 0 Å². The summed E-state index contributed by atoms with van der Waals surface area (Å²) in [6, 6.07) is 3.39. The number of carbonyl (C=O) groups is 2. The number of hydrogen-bond acceptors (Lipinski definition) is 2. The van der Waals surface area contributed by atoms with Gasteiger partial charge in [0, 0.05) is 48.8 Å². The lowest BCUT2D eigenvalue weighted by atomic mass is 9.96. The van der Waals surface area contributed by atoms with Crippen LogP contribution in [0.25, 0.3) is 0 Å². The number of piperidine rings is 1. The lowest BCUT2D eigenvalue weighted by Gasteiger charge is -2.33. The van der Waals surface area contributed by atoms with Crippen molar-refractivity contribution in [2.75, 3.05) is 32.5 Å². The largest absolute Gasteiger partial charge is 0.331 e. The number of halogens is 2. The molecule has 3 amide bonds. The third-order valence-electron chi connectivity index (χ3n) is 4.07. The van der Waals surface area contributed by atoms with Crippen molar-refractivity contribution in [2.45, 2.75) is 19.8 Å². The van der Waals surface area contributed by atoms with Crippen LogP contribution >= 0.6 is 23.2 Å². The van der Waals surface area contributed by atoms with E-state index in [4.69, 9.17) is 23.2 Å². The van der Waals surface area contributed by atoms with Crippen molar-refractivity contribution >= 4 is 40.8 Å². The number of carbonyl (C=O) groups excluding carboxylic acids is 2. The smallest absolute Gasteiger partial charge is 0.319 e. The quantitative estimate of drug-likeness (QED) is 0.878. The van der Waals surface area contributed by atoms with Crippen LogP contribution in [0.2, 0.25) is 10.0 Å². The monoisotopic (exact) mass is 357 g/mol. The van der Waals surface area contributed by atoms with Crippen LogP contribution in [0.4, 0.5) is 10.5 Å². The van der Waals surface area contributed by atoms with Gasteiger partial charge in [0.2, 0.25) is 5.91 Å². The van der Waals surface area contributed by atoms with Gasteiger partial charge in [-0.2, -0.15) is 0 Å². The Hall–Kier alpha value is -1.46. The number of nitrogens with zero attached hydrogens (tertiary/aromatic N) is 2. The van der Waals surface area contributed by atoms with Crippen LogP contribution in [0, 0.1) is 12.8 Å². The van der Waals surface area contributed by atoms with Gasteiger partial charge in [-0.1, -0.05) is 23.2 Å². The molecule has 1 fully saturated rings. The van der Waals surface area contributed by atoms with E-state index >= 15 is 0 Å². The first-order chi connectivity index (χ1) is 10.8. The summed E-state index contributed by atoms with van der Waals surface area (Å²) in [6.45, 7) is 3.00. The minimum atomic E-state index is -0.111. The summed E-state index contributed by atoms with van der Waals surface area (Å²) in [7, 11) is 3.46. The van der Waals surface area contributed by atoms with Gasteiger partial charge >= 0.3 is 6.03 Å². The highest BCUT2D eigenvalue weighted by Crippen LogP contribution is 2.29. The SMILES string of the molecule is Cc1c(Cl)cc(NC(=O)C2CCN(C(=O)N(C)C)CC2)cc1Cl. The Morgan fingerprint density at radius 1 is 1.17 bits per heavy atom. The number of amides is 3. The molecule has 7 heteroatoms. The molecule has 0 radical (unpaired) electrons. The summed E-state index contributed by atoms with van der Waals surface area (Å²) in [4.78, 5) is 27.6. The summed E-state index contributed by atoms with van der Waals surface area (Å²) < 4.78 is 0. The van der Waals surface area contributed by atoms with E-state index in [-0.39, 0.29) is 17.9 Å². The molecule has 1 aliphatic heterocycles. The van der Waals surface area contributed by atoms with Gasteiger partial charge in [-0.05, 0) is 37.5 Å². The summed E-state index contributed by atoms with van der Waals surface area (Å²) in [5, 5.41) is 3.92. The van der Waals surface area contributed by atoms with E-state index in [9.17, 15) is 9.59 Å². The Morgan fingerprint density at radius 3 is 2.17 bits per heavy atom. The van der Waals surface area contributed by atoms with Gasteiger partial charge in [0.15, 0.2) is 0 Å². The molecule has 0 aromatic heterocycles. The van der Waals surface area contributed by atoms with Crippen molar-refractivity contribution in [3.8, 4) is 0 Å². The normalized spacial score (nSPS) is 15.4. The Bertz CT molecular complexity index is 588. The van der Waals surface area contributed by atoms with Crippen LogP contribution in [0.5, 0.6) is 0 Å². The Balaban J connectivity index is 1.94. The summed E-state index contributed by atoms with van der Waals surface area (Å²) in [5.41, 5.74) is 1.39. The van der Waals surface area contributed by atoms with Crippen molar-refractivity contribution in [2.24, 2.45) is 5.92 Å². The number of benzene rings is 1. The predicted octanol–water partition coefficient (Wildman–Crippen LogP) is 3.63. The van der Waals surface area contributed by atoms with Crippen molar-refractivity contribution < 1.29 is 9.59 Å². The molecule has 2 rings (SSSR count). The van der Waals surface area contributed by atoms with E-state index in [2.05, 4.69) is 5.32 Å². The molecule has 0 atom stereocenters. The molecule has 0 saturated carbocycles. The van der Waals surface area contributed by atoms with E-state index in [1.165, 1.54) is 0 Å². The molecule has 126 valence electrons. The van der Waals surface area contributed by atoms with Crippen molar-refractivity contribution in [3.63, 3.8) is 0 Å². The lowest BCUT2D eigenvalue weighted by Crippen LogP contribution is -2.45. The van der Waals surface area contributed by atoms with E-state index in [0.29, 0.717) is 41.7 Å². The number of nitrogens with one attached hydrogen (secondary N) is 1. The maximum atomic E-state index is 12.4. The second kappa shape index (κ2) is 7.41. The Labute approximate surface area is 146 Å². The van der Waals surface area contributed by atoms with Crippen LogP contribution in [-0.4, -0.2) is 48.9 Å². The zero-order valence-electron chi connectivity index (χ0n) is 13.5. The van der Waals surface area contributed by atoms with Crippen LogP contribution in [0.15, 0.2) is 12.1 Å². The second-order valence-electron chi connectivity index (χ2n) is 5.99. The molecule has 1 heterocycles. The second-order valence-corrected chi connectivity index (χ2v) is 6.81. The molecule has 0 aliphatic carbocycles. The molecular weight excluding hydrogens is 337 g/mol. The van der Waals surface area contributed by atoms with Crippen molar-refractivity contribution in [3.05, 3.63) is 27.7 Å². The fourth-order valence-corrected chi connectivity index (χ4v) is 3.06. The Kier molecular flexibility index (Phi) is 5.76. The molecule has 0 unspecified atom stereocenters. The van der Waals surface area contributed by atoms with Crippen LogP contribution in [0.3, 0.4) is 0 Å². The first-order valence-corrected chi connectivity index (χ1v) is 8.28. The van der Waals surface area contributed by atoms with Crippen molar-refractivity contribution in [1.82, 2.24) is 9.80 Å². The van der Waals surface area contributed by atoms with Crippen LogP contribution in [-0.2, 0) is 4.79 Å². The summed E-state index contributed by atoms with van der Waals surface area (Å²) >= 11 is 12.2. The molecule has 0 bridgehead atoms. The first kappa shape index (κ1) is 17.9. The molecule has 1 N–H and O–H groups in total. The van der Waals surface area contributed by atoms with E-state index < -0.39 is 0 Å². The van der Waals surface area contributed by atoms with E-state index in [1.54, 1.807) is 36.0 Å². The summed E-state index contributed by atoms with van der Waals surface area (Å²) in [6.07, 6.45) is 1.30. The summed E-state index contributed by atoms with van der Waals surface area (Å²) in [5.74, 6) is -0.169. The topological polar surface area (TPSA) is 52.7 Å². The minimum absolute atomic E-state index is 0.0130. The number of hydrogen-bond donors (Lipinski definition) is 1. The number of rotatable bonds is 2. The third kappa shape index (κ3) is 4.30. The average Bonchev–Trinajstić information content (AvgIpc) is 2.51. The zero-order valence-corrected chi connectivity index (χ0v) is 15.0. The molecule has 1 saturated heterocycles. The number of likely N-dealkylation sites (tertiary alicyclic amines) is 1. The van der Waals surface area contributed by atoms with Crippen LogP contribution < -0.4 is 5.32 Å². The molecule has 5 nitrogen and oxygen atoms in total. The fourth-order valence-electron chi connectivity index (χ4n) is 2.58. The van der Waals surface area contributed by atoms with Crippen LogP contribution in [0.1, 0.15) is 18.4 Å². The molecular formula is C16H21Cl2N3O2. The molecule has 1 aromatic rings. The van der Waals surface area contributed by atoms with Gasteiger partial charge in [0.1, 0.15) is 0 Å². The highest BCUT2D eigenvalue weighted by molar-refractivity contribution is 6.36. The fraction of sp³-hybridized carbons (Fsp3) is 0.500. The van der Waals surface area contributed by atoms with E-state index in [1.807, 2.05) is 6.92 Å². The molecule has 23 heavy (non-hydrogen) atoms. The van der Waals surface area contributed by atoms with Gasteiger partial charge < -0.3 is 15.1 Å². The van der Waals surface area contributed by atoms with Crippen molar-refractivity contribution in [1.29, 1.82) is 0 Å². The maximum Gasteiger partial charge on any atom is 0.319 e. The zero-order chi connectivity index (χ0) is 17.1. The van der Waals surface area contributed by atoms with Gasteiger partial charge in [0.05, 0.1) is 0 Å². The van der Waals surface area contributed by atoms with E-state index in [0.717, 1.165) is 5.56 Å². The van der Waals surface area contributed by atoms with Gasteiger partial charge in [0.25, 0.3) is 0 Å². The number of anilines is 1. The lowest BCUT2D eigenvalue weighted by molar-refractivity contribution is -0.121. The Morgan fingerprint density at radius 2 is 1.70 bits per heavy atom.